The average Bonchev–Trinajstić information content (AvgIpc) is 3.11. The molecule has 0 spiro atoms. The minimum Gasteiger partial charge on any atom is -0.486 e. The van der Waals surface area contributed by atoms with Gasteiger partial charge in [0, 0.05) is 6.26 Å². The van der Waals surface area contributed by atoms with Crippen molar-refractivity contribution in [1.82, 2.24) is 9.55 Å². The van der Waals surface area contributed by atoms with Crippen molar-refractivity contribution in [2.24, 2.45) is 0 Å². The number of hydrogen-bond donors (Lipinski definition) is 1. The van der Waals surface area contributed by atoms with Crippen LogP contribution in [0.3, 0.4) is 0 Å². The van der Waals surface area contributed by atoms with Crippen molar-refractivity contribution in [3.63, 3.8) is 0 Å². The van der Waals surface area contributed by atoms with E-state index < -0.39 is 21.6 Å². The van der Waals surface area contributed by atoms with Crippen LogP contribution >= 0.6 is 0 Å². The second kappa shape index (κ2) is 8.80. The summed E-state index contributed by atoms with van der Waals surface area (Å²) in [6.07, 6.45) is 1.02. The van der Waals surface area contributed by atoms with Crippen molar-refractivity contribution in [2.75, 3.05) is 11.6 Å². The minimum absolute atomic E-state index is 0.0840. The Hall–Kier alpha value is -3.72. The van der Waals surface area contributed by atoms with E-state index in [1.807, 2.05) is 54.6 Å². The topological polar surface area (TPSA) is 90.3 Å². The van der Waals surface area contributed by atoms with Gasteiger partial charge in [0.1, 0.15) is 30.5 Å². The van der Waals surface area contributed by atoms with Crippen LogP contribution in [0, 0.1) is 5.82 Å². The Bertz CT molecular complexity index is 1390. The molecule has 0 saturated carbocycles. The molecule has 7 nitrogen and oxygen atoms in total. The molecule has 1 amide bonds. The van der Waals surface area contributed by atoms with E-state index in [1.165, 1.54) is 0 Å². The van der Waals surface area contributed by atoms with Gasteiger partial charge < -0.3 is 14.6 Å². The third-order valence-corrected chi connectivity index (χ3v) is 5.90. The number of ether oxygens (including phenoxy) is 1. The first-order valence-corrected chi connectivity index (χ1v) is 11.6. The second-order valence-electron chi connectivity index (χ2n) is 7.17. The number of aromatic nitrogens is 2. The molecule has 1 aromatic heterocycles. The Morgan fingerprint density at radius 1 is 1.06 bits per heavy atom. The molecule has 0 aliphatic rings. The van der Waals surface area contributed by atoms with E-state index in [0.717, 1.165) is 30.0 Å². The summed E-state index contributed by atoms with van der Waals surface area (Å²) in [5, 5.41) is 2.46. The zero-order valence-corrected chi connectivity index (χ0v) is 18.0. The number of benzene rings is 3. The number of anilines is 1. The first-order chi connectivity index (χ1) is 15.3. The standard InChI is InChI=1S/C23H20FN3O4S/c1-32(29,30)17-11-12-18(24)20(13-17)26-23(28)14-27-21-10-6-5-9-19(21)25-22(27)15-31-16-7-3-2-4-8-16/h2-13H,14-15H2,1H3,(H,26,28). The molecule has 1 N–H and O–H groups in total. The predicted molar refractivity (Wildman–Crippen MR) is 119 cm³/mol. The molecule has 0 aliphatic heterocycles. The average molecular weight is 453 g/mol. The summed E-state index contributed by atoms with van der Waals surface area (Å²) < 4.78 is 45.2. The number of nitrogens with one attached hydrogen (secondary N) is 1. The summed E-state index contributed by atoms with van der Waals surface area (Å²) in [6, 6.07) is 19.8. The molecule has 0 atom stereocenters. The highest BCUT2D eigenvalue weighted by Gasteiger charge is 2.17. The number of para-hydroxylation sites is 3. The quantitative estimate of drug-likeness (QED) is 0.430. The first kappa shape index (κ1) is 21.5. The molecule has 9 heteroatoms. The van der Waals surface area contributed by atoms with Crippen molar-refractivity contribution in [3.8, 4) is 5.75 Å². The van der Waals surface area contributed by atoms with Crippen LogP contribution < -0.4 is 10.1 Å². The van der Waals surface area contributed by atoms with E-state index in [0.29, 0.717) is 17.1 Å². The fraction of sp³-hybridized carbons (Fsp3) is 0.130. The van der Waals surface area contributed by atoms with Gasteiger partial charge in [-0.1, -0.05) is 30.3 Å². The van der Waals surface area contributed by atoms with E-state index in [2.05, 4.69) is 10.3 Å². The number of carbonyl (C=O) groups excluding carboxylic acids is 1. The zero-order valence-electron chi connectivity index (χ0n) is 17.2. The van der Waals surface area contributed by atoms with E-state index in [1.54, 1.807) is 4.57 Å². The van der Waals surface area contributed by atoms with E-state index in [9.17, 15) is 17.6 Å². The van der Waals surface area contributed by atoms with Gasteiger partial charge in [-0.05, 0) is 42.5 Å². The molecule has 0 radical (unpaired) electrons. The highest BCUT2D eigenvalue weighted by molar-refractivity contribution is 7.90. The SMILES string of the molecule is CS(=O)(=O)c1ccc(F)c(NC(=O)Cn2c(COc3ccccc3)nc3ccccc32)c1. The number of hydrogen-bond acceptors (Lipinski definition) is 5. The molecule has 4 aromatic rings. The third kappa shape index (κ3) is 4.78. The van der Waals surface area contributed by atoms with Crippen molar-refractivity contribution in [1.29, 1.82) is 0 Å². The molecule has 0 unspecified atom stereocenters. The van der Waals surface area contributed by atoms with Crippen LogP contribution in [0.1, 0.15) is 5.82 Å². The highest BCUT2D eigenvalue weighted by Crippen LogP contribution is 2.21. The molecule has 0 aliphatic carbocycles. The van der Waals surface area contributed by atoms with Gasteiger partial charge >= 0.3 is 0 Å². The largest absolute Gasteiger partial charge is 0.486 e. The highest BCUT2D eigenvalue weighted by atomic mass is 32.2. The van der Waals surface area contributed by atoms with E-state index in [-0.39, 0.29) is 23.7 Å². The summed E-state index contributed by atoms with van der Waals surface area (Å²) >= 11 is 0. The molecule has 32 heavy (non-hydrogen) atoms. The van der Waals surface area contributed by atoms with Crippen molar-refractivity contribution in [2.45, 2.75) is 18.0 Å². The Kier molecular flexibility index (Phi) is 5.91. The molecular formula is C23H20FN3O4S. The summed E-state index contributed by atoms with van der Waals surface area (Å²) in [6.45, 7) is -0.0273. The number of carbonyl (C=O) groups is 1. The van der Waals surface area contributed by atoms with E-state index >= 15 is 0 Å². The Labute approximate surface area is 184 Å². The van der Waals surface area contributed by atoms with Gasteiger partial charge in [0.25, 0.3) is 0 Å². The summed E-state index contributed by atoms with van der Waals surface area (Å²) in [5.74, 6) is -0.0710. The van der Waals surface area contributed by atoms with E-state index in [4.69, 9.17) is 4.74 Å². The number of sulfone groups is 1. The third-order valence-electron chi connectivity index (χ3n) is 4.79. The number of nitrogens with zero attached hydrogens (tertiary/aromatic N) is 2. The molecule has 164 valence electrons. The summed E-state index contributed by atoms with van der Waals surface area (Å²) in [7, 11) is -3.55. The molecule has 1 heterocycles. The van der Waals surface area contributed by atoms with Gasteiger partial charge in [-0.25, -0.2) is 17.8 Å². The second-order valence-corrected chi connectivity index (χ2v) is 9.18. The lowest BCUT2D eigenvalue weighted by Gasteiger charge is -2.12. The van der Waals surface area contributed by atoms with Gasteiger partial charge in [0.05, 0.1) is 21.6 Å². The van der Waals surface area contributed by atoms with Gasteiger partial charge in [-0.2, -0.15) is 0 Å². The number of halogens is 1. The monoisotopic (exact) mass is 453 g/mol. The fourth-order valence-electron chi connectivity index (χ4n) is 3.24. The summed E-state index contributed by atoms with van der Waals surface area (Å²) in [4.78, 5) is 17.2. The zero-order chi connectivity index (χ0) is 22.7. The van der Waals surface area contributed by atoms with Crippen LogP contribution in [0.4, 0.5) is 10.1 Å². The Morgan fingerprint density at radius 3 is 2.53 bits per heavy atom. The lowest BCUT2D eigenvalue weighted by Crippen LogP contribution is -2.21. The van der Waals surface area contributed by atoms with Gasteiger partial charge in [0.2, 0.25) is 5.91 Å². The maximum atomic E-state index is 14.2. The van der Waals surface area contributed by atoms with Crippen LogP contribution in [-0.4, -0.2) is 30.1 Å². The van der Waals surface area contributed by atoms with Crippen molar-refractivity contribution >= 4 is 32.5 Å². The lowest BCUT2D eigenvalue weighted by atomic mass is 10.3. The molecule has 3 aromatic carbocycles. The number of amides is 1. The summed E-state index contributed by atoms with van der Waals surface area (Å²) in [5.41, 5.74) is 1.21. The lowest BCUT2D eigenvalue weighted by molar-refractivity contribution is -0.116. The molecule has 4 rings (SSSR count). The molecule has 0 bridgehead atoms. The first-order valence-electron chi connectivity index (χ1n) is 9.73. The van der Waals surface area contributed by atoms with Gasteiger partial charge in [-0.3, -0.25) is 4.79 Å². The number of rotatable bonds is 7. The van der Waals surface area contributed by atoms with Crippen LogP contribution in [0.15, 0.2) is 77.7 Å². The maximum absolute atomic E-state index is 14.2. The molecule has 0 fully saturated rings. The van der Waals surface area contributed by atoms with Gasteiger partial charge in [0.15, 0.2) is 9.84 Å². The van der Waals surface area contributed by atoms with Crippen LogP contribution in [0.5, 0.6) is 5.75 Å². The van der Waals surface area contributed by atoms with Crippen LogP contribution in [-0.2, 0) is 27.8 Å². The smallest absolute Gasteiger partial charge is 0.244 e. The van der Waals surface area contributed by atoms with Gasteiger partial charge in [-0.15, -0.1) is 0 Å². The molecule has 0 saturated heterocycles. The van der Waals surface area contributed by atoms with Crippen molar-refractivity contribution in [3.05, 3.63) is 84.4 Å². The van der Waals surface area contributed by atoms with Crippen LogP contribution in [0.2, 0.25) is 0 Å². The van der Waals surface area contributed by atoms with Crippen LogP contribution in [0.25, 0.3) is 11.0 Å². The number of imidazole rings is 1. The van der Waals surface area contributed by atoms with Crippen molar-refractivity contribution < 1.29 is 22.3 Å². The molecular weight excluding hydrogens is 433 g/mol. The Balaban J connectivity index is 1.59. The Morgan fingerprint density at radius 2 is 1.78 bits per heavy atom. The minimum atomic E-state index is -3.55. The number of fused-ring (bicyclic) bond motifs is 1. The maximum Gasteiger partial charge on any atom is 0.244 e. The predicted octanol–water partition coefficient (Wildman–Crippen LogP) is 3.80. The normalized spacial score (nSPS) is 11.4. The fourth-order valence-corrected chi connectivity index (χ4v) is 3.89.